The van der Waals surface area contributed by atoms with Gasteiger partial charge in [-0.2, -0.15) is 0 Å². The summed E-state index contributed by atoms with van der Waals surface area (Å²) in [6.45, 7) is 4.48. The molecule has 0 aliphatic carbocycles. The van der Waals surface area contributed by atoms with Gasteiger partial charge in [0.2, 0.25) is 0 Å². The van der Waals surface area contributed by atoms with Crippen molar-refractivity contribution in [3.63, 3.8) is 0 Å². The first-order valence-corrected chi connectivity index (χ1v) is 18.1. The summed E-state index contributed by atoms with van der Waals surface area (Å²) >= 11 is 0. The van der Waals surface area contributed by atoms with Crippen LogP contribution in [0.15, 0.2) is 0 Å². The summed E-state index contributed by atoms with van der Waals surface area (Å²) in [6, 6.07) is 0. The summed E-state index contributed by atoms with van der Waals surface area (Å²) in [5.74, 6) is -1.91. The maximum atomic E-state index is 10.2. The van der Waals surface area contributed by atoms with Crippen LogP contribution in [0.2, 0.25) is 0 Å². The van der Waals surface area contributed by atoms with Gasteiger partial charge in [0.25, 0.3) is 0 Å². The molecule has 6 nitrogen and oxygen atoms in total. The molecule has 0 fully saturated rings. The van der Waals surface area contributed by atoms with E-state index in [1.54, 1.807) is 0 Å². The van der Waals surface area contributed by atoms with Crippen molar-refractivity contribution in [1.29, 1.82) is 0 Å². The van der Waals surface area contributed by atoms with Crippen molar-refractivity contribution in [2.75, 3.05) is 0 Å². The SMILES string of the molecule is CCCCCCCCCCC(O)CCCCCCC(=O)[O-].CCCCCCCCCCC(O)CCCCCCC(=O)[O-].[Pb+2]. The Morgan fingerprint density at radius 3 is 0.860 bits per heavy atom. The molecule has 0 aromatic rings. The van der Waals surface area contributed by atoms with E-state index in [0.29, 0.717) is 12.8 Å². The molecule has 2 N–H and O–H groups in total. The molecule has 0 heterocycles. The van der Waals surface area contributed by atoms with E-state index in [2.05, 4.69) is 13.8 Å². The summed E-state index contributed by atoms with van der Waals surface area (Å²) in [5.41, 5.74) is 0. The number of unbranched alkanes of at least 4 members (excludes halogenated alkanes) is 20. The zero-order valence-corrected chi connectivity index (χ0v) is 32.3. The Morgan fingerprint density at radius 1 is 0.419 bits per heavy atom. The average molecular weight is 806 g/mol. The van der Waals surface area contributed by atoms with Crippen molar-refractivity contribution >= 4 is 39.2 Å². The van der Waals surface area contributed by atoms with Gasteiger partial charge in [0.15, 0.2) is 0 Å². The number of aliphatic hydroxyl groups is 2. The molecule has 0 aromatic carbocycles. The first-order valence-electron chi connectivity index (χ1n) is 18.1. The van der Waals surface area contributed by atoms with E-state index in [9.17, 15) is 30.0 Å². The molecule has 0 bridgehead atoms. The fraction of sp³-hybridized carbons (Fsp3) is 0.944. The van der Waals surface area contributed by atoms with Crippen LogP contribution < -0.4 is 10.2 Å². The zero-order chi connectivity index (χ0) is 31.5. The molecule has 0 aromatic heterocycles. The second-order valence-corrected chi connectivity index (χ2v) is 12.5. The average Bonchev–Trinajstić information content (AvgIpc) is 2.95. The predicted octanol–water partition coefficient (Wildman–Crippen LogP) is 7.56. The fourth-order valence-corrected chi connectivity index (χ4v) is 5.32. The van der Waals surface area contributed by atoms with E-state index in [4.69, 9.17) is 0 Å². The second kappa shape index (κ2) is 39.8. The summed E-state index contributed by atoms with van der Waals surface area (Å²) in [4.78, 5) is 20.5. The molecule has 0 saturated carbocycles. The number of carbonyl (C=O) groups is 2. The van der Waals surface area contributed by atoms with Crippen molar-refractivity contribution in [2.24, 2.45) is 0 Å². The van der Waals surface area contributed by atoms with Crippen molar-refractivity contribution < 1.29 is 30.0 Å². The van der Waals surface area contributed by atoms with E-state index in [0.717, 1.165) is 77.0 Å². The Morgan fingerprint density at radius 2 is 0.628 bits per heavy atom. The number of hydrogen-bond donors (Lipinski definition) is 2. The van der Waals surface area contributed by atoms with E-state index in [1.807, 2.05) is 0 Å². The minimum absolute atomic E-state index is 0. The summed E-state index contributed by atoms with van der Waals surface area (Å²) in [7, 11) is 0. The maximum absolute atomic E-state index is 10.2. The number of carboxylic acid groups (broad SMARTS) is 2. The molecule has 0 amide bonds. The van der Waals surface area contributed by atoms with Gasteiger partial charge in [-0.3, -0.25) is 0 Å². The number of aliphatic carboxylic acids is 2. The number of rotatable bonds is 32. The van der Waals surface area contributed by atoms with Crippen LogP contribution in [0.25, 0.3) is 0 Å². The molecule has 7 heteroatoms. The number of hydrogen-bond acceptors (Lipinski definition) is 6. The van der Waals surface area contributed by atoms with Crippen LogP contribution in [0.3, 0.4) is 0 Å². The molecule has 0 saturated heterocycles. The van der Waals surface area contributed by atoms with Crippen molar-refractivity contribution in [2.45, 2.75) is 219 Å². The van der Waals surface area contributed by atoms with Gasteiger partial charge in [0.1, 0.15) is 0 Å². The third kappa shape index (κ3) is 46.3. The molecule has 2 atom stereocenters. The molecule has 0 rings (SSSR count). The minimum atomic E-state index is -0.954. The monoisotopic (exact) mass is 806 g/mol. The Labute approximate surface area is 286 Å². The van der Waals surface area contributed by atoms with E-state index in [1.165, 1.54) is 89.9 Å². The number of carboxylic acids is 2. The van der Waals surface area contributed by atoms with Crippen molar-refractivity contribution in [3.05, 3.63) is 0 Å². The Hall–Kier alpha value is -0.218. The van der Waals surface area contributed by atoms with Crippen LogP contribution in [0.1, 0.15) is 206 Å². The van der Waals surface area contributed by atoms with Crippen LogP contribution in [0, 0.1) is 0 Å². The molecule has 0 aliphatic heterocycles. The van der Waals surface area contributed by atoms with Gasteiger partial charge in [-0.05, 0) is 51.4 Å². The standard InChI is InChI=1S/2C18H36O3.Pb/c2*1-2-3-4-5-6-7-8-11-14-17(19)15-12-9-10-13-16-18(20)21;/h2*17,19H,2-16H2,1H3,(H,20,21);/q;;+2/p-2. The summed E-state index contributed by atoms with van der Waals surface area (Å²) < 4.78 is 0. The van der Waals surface area contributed by atoms with Gasteiger partial charge >= 0.3 is 27.3 Å². The molecule has 2 radical (unpaired) electrons. The van der Waals surface area contributed by atoms with Crippen LogP contribution in [0.4, 0.5) is 0 Å². The third-order valence-electron chi connectivity index (χ3n) is 8.12. The van der Waals surface area contributed by atoms with E-state index >= 15 is 0 Å². The second-order valence-electron chi connectivity index (χ2n) is 12.5. The Bertz CT molecular complexity index is 512. The largest absolute Gasteiger partial charge is 2.00 e. The van der Waals surface area contributed by atoms with Crippen molar-refractivity contribution in [3.8, 4) is 0 Å². The van der Waals surface area contributed by atoms with Gasteiger partial charge in [0, 0.05) is 11.9 Å². The zero-order valence-electron chi connectivity index (χ0n) is 28.4. The molecular formula is C36H70O6Pb. The van der Waals surface area contributed by atoms with Crippen LogP contribution in [-0.2, 0) is 9.59 Å². The third-order valence-corrected chi connectivity index (χ3v) is 8.12. The van der Waals surface area contributed by atoms with E-state index < -0.39 is 11.9 Å². The fourth-order valence-electron chi connectivity index (χ4n) is 5.32. The van der Waals surface area contributed by atoms with Gasteiger partial charge in [-0.25, -0.2) is 0 Å². The van der Waals surface area contributed by atoms with Gasteiger partial charge < -0.3 is 30.0 Å². The van der Waals surface area contributed by atoms with Crippen LogP contribution in [-0.4, -0.2) is 61.7 Å². The number of carbonyl (C=O) groups excluding carboxylic acids is 2. The molecule has 0 spiro atoms. The first kappa shape index (κ1) is 47.2. The smallest absolute Gasteiger partial charge is 0.550 e. The van der Waals surface area contributed by atoms with Crippen molar-refractivity contribution in [1.82, 2.24) is 0 Å². The quantitative estimate of drug-likeness (QED) is 0.0535. The van der Waals surface area contributed by atoms with Gasteiger partial charge in [0.05, 0.1) is 12.2 Å². The molecule has 43 heavy (non-hydrogen) atoms. The van der Waals surface area contributed by atoms with Gasteiger partial charge in [-0.1, -0.05) is 155 Å². The molecule has 254 valence electrons. The van der Waals surface area contributed by atoms with Crippen LogP contribution in [0.5, 0.6) is 0 Å². The molecule has 0 aliphatic rings. The minimum Gasteiger partial charge on any atom is -0.550 e. The molecular weight excluding hydrogens is 736 g/mol. The predicted molar refractivity (Wildman–Crippen MR) is 178 cm³/mol. The summed E-state index contributed by atoms with van der Waals surface area (Å²) in [6.07, 6.45) is 31.8. The topological polar surface area (TPSA) is 121 Å². The van der Waals surface area contributed by atoms with E-state index in [-0.39, 0.29) is 52.3 Å². The maximum Gasteiger partial charge on any atom is 2.00 e. The number of aliphatic hydroxyl groups excluding tert-OH is 2. The Kier molecular flexibility index (Phi) is 43.7. The first-order chi connectivity index (χ1) is 20.3. The normalized spacial score (nSPS) is 12.2. The summed E-state index contributed by atoms with van der Waals surface area (Å²) in [5, 5.41) is 40.2. The van der Waals surface area contributed by atoms with Crippen LogP contribution >= 0.6 is 0 Å². The van der Waals surface area contributed by atoms with Gasteiger partial charge in [-0.15, -0.1) is 0 Å². The molecule has 2 unspecified atom stereocenters. The Balaban J connectivity index is -0.000000727.